The van der Waals surface area contributed by atoms with Crippen LogP contribution in [0.1, 0.15) is 48.4 Å². The van der Waals surface area contributed by atoms with Crippen LogP contribution >= 0.6 is 11.8 Å². The van der Waals surface area contributed by atoms with Crippen molar-refractivity contribution in [2.45, 2.75) is 44.2 Å². The molecule has 0 saturated carbocycles. The lowest BCUT2D eigenvalue weighted by Crippen LogP contribution is -2.42. The first-order chi connectivity index (χ1) is 15.6. The molecule has 4 heterocycles. The Kier molecular flexibility index (Phi) is 6.39. The Labute approximate surface area is 192 Å². The monoisotopic (exact) mass is 458 g/mol. The molecule has 3 fully saturated rings. The Morgan fingerprint density at radius 3 is 2.88 bits per heavy atom. The topological polar surface area (TPSA) is 87.9 Å². The Morgan fingerprint density at radius 1 is 1.28 bits per heavy atom. The van der Waals surface area contributed by atoms with Gasteiger partial charge in [-0.05, 0) is 57.5 Å². The van der Waals surface area contributed by atoms with Crippen LogP contribution in [0.3, 0.4) is 0 Å². The number of hydrogen-bond donors (Lipinski definition) is 1. The van der Waals surface area contributed by atoms with Gasteiger partial charge in [0.05, 0.1) is 24.1 Å². The van der Waals surface area contributed by atoms with E-state index in [1.165, 1.54) is 0 Å². The number of thioether (sulfide) groups is 1. The maximum absolute atomic E-state index is 12.7. The van der Waals surface area contributed by atoms with E-state index in [1.807, 2.05) is 16.7 Å². The van der Waals surface area contributed by atoms with Gasteiger partial charge >= 0.3 is 5.97 Å². The van der Waals surface area contributed by atoms with E-state index < -0.39 is 0 Å². The number of nitrogens with zero attached hydrogens (tertiary/aromatic N) is 3. The second kappa shape index (κ2) is 9.41. The molecule has 0 spiro atoms. The van der Waals surface area contributed by atoms with Gasteiger partial charge in [-0.1, -0.05) is 0 Å². The molecule has 1 amide bonds. The van der Waals surface area contributed by atoms with Crippen molar-refractivity contribution >= 4 is 34.7 Å². The van der Waals surface area contributed by atoms with Gasteiger partial charge in [-0.2, -0.15) is 0 Å². The van der Waals surface area contributed by atoms with Crippen LogP contribution in [0.5, 0.6) is 0 Å². The Hall–Kier alpha value is -2.10. The Balaban J connectivity index is 1.17. The number of piperidine rings is 1. The smallest absolute Gasteiger partial charge is 0.338 e. The van der Waals surface area contributed by atoms with E-state index in [4.69, 9.17) is 9.15 Å². The molecular formula is C23H30N4O4S. The van der Waals surface area contributed by atoms with Crippen LogP contribution in [-0.2, 0) is 9.53 Å². The third kappa shape index (κ3) is 4.38. The highest BCUT2D eigenvalue weighted by Crippen LogP contribution is 2.32. The molecule has 32 heavy (non-hydrogen) atoms. The van der Waals surface area contributed by atoms with Gasteiger partial charge in [-0.15, -0.1) is 11.8 Å². The first kappa shape index (κ1) is 21.7. The number of carbonyl (C=O) groups is 2. The van der Waals surface area contributed by atoms with E-state index in [-0.39, 0.29) is 23.8 Å². The van der Waals surface area contributed by atoms with Crippen molar-refractivity contribution in [3.8, 4) is 0 Å². The lowest BCUT2D eigenvalue weighted by molar-refractivity contribution is -0.131. The van der Waals surface area contributed by atoms with Gasteiger partial charge < -0.3 is 19.4 Å². The van der Waals surface area contributed by atoms with Crippen molar-refractivity contribution in [1.29, 1.82) is 0 Å². The number of benzene rings is 1. The fraction of sp³-hybridized carbons (Fsp3) is 0.609. The molecular weight excluding hydrogens is 428 g/mol. The second-order valence-corrected chi connectivity index (χ2v) is 9.83. The number of carbonyl (C=O) groups excluding carboxylic acids is 2. The fourth-order valence-electron chi connectivity index (χ4n) is 4.96. The molecule has 0 bridgehead atoms. The quantitative estimate of drug-likeness (QED) is 0.684. The highest BCUT2D eigenvalue weighted by molar-refractivity contribution is 7.99. The van der Waals surface area contributed by atoms with Crippen molar-refractivity contribution < 1.29 is 18.7 Å². The third-order valence-electron chi connectivity index (χ3n) is 6.78. The predicted molar refractivity (Wildman–Crippen MR) is 123 cm³/mol. The van der Waals surface area contributed by atoms with Crippen LogP contribution in [0, 0.1) is 0 Å². The summed E-state index contributed by atoms with van der Waals surface area (Å²) in [5.74, 6) is 2.84. The van der Waals surface area contributed by atoms with Crippen LogP contribution in [0.4, 0.5) is 0 Å². The molecule has 1 N–H and O–H groups in total. The van der Waals surface area contributed by atoms with Crippen LogP contribution < -0.4 is 5.32 Å². The number of fused-ring (bicyclic) bond motifs is 1. The normalized spacial score (nSPS) is 25.0. The average molecular weight is 459 g/mol. The van der Waals surface area contributed by atoms with Gasteiger partial charge in [0, 0.05) is 30.8 Å². The molecule has 9 heteroatoms. The largest absolute Gasteiger partial charge is 0.462 e. The van der Waals surface area contributed by atoms with Crippen LogP contribution in [0.2, 0.25) is 0 Å². The standard InChI is InChI=1S/C23H30N4O4S/c1-2-30-23(29)16-3-4-20-18(11-16)25-21(31-20)15-5-7-26(8-6-15)17-12-19(24-13-17)22(28)27-9-10-32-14-27/h3-4,11,15,17,19,24H,2,5-10,12-14H2,1H3/t17-,19-/m0/s1. The number of hydrogen-bond acceptors (Lipinski definition) is 8. The number of nitrogens with one attached hydrogen (secondary N) is 1. The van der Waals surface area contributed by atoms with E-state index in [0.29, 0.717) is 29.3 Å². The lowest BCUT2D eigenvalue weighted by Gasteiger charge is -2.34. The molecule has 1 aromatic heterocycles. The Bertz CT molecular complexity index is 982. The van der Waals surface area contributed by atoms with E-state index in [9.17, 15) is 9.59 Å². The second-order valence-electron chi connectivity index (χ2n) is 8.75. The summed E-state index contributed by atoms with van der Waals surface area (Å²) < 4.78 is 11.1. The maximum Gasteiger partial charge on any atom is 0.338 e. The minimum Gasteiger partial charge on any atom is -0.462 e. The van der Waals surface area contributed by atoms with Gasteiger partial charge in [-0.25, -0.2) is 9.78 Å². The number of aromatic nitrogens is 1. The molecule has 3 saturated heterocycles. The van der Waals surface area contributed by atoms with Gasteiger partial charge in [0.25, 0.3) is 0 Å². The predicted octanol–water partition coefficient (Wildman–Crippen LogP) is 2.45. The first-order valence-corrected chi connectivity index (χ1v) is 12.7. The molecule has 1 aromatic carbocycles. The molecule has 0 aliphatic carbocycles. The van der Waals surface area contributed by atoms with Crippen molar-refractivity contribution in [1.82, 2.24) is 20.1 Å². The van der Waals surface area contributed by atoms with Crippen molar-refractivity contribution in [2.75, 3.05) is 44.4 Å². The average Bonchev–Trinajstić information content (AvgIpc) is 3.59. The maximum atomic E-state index is 12.7. The number of esters is 1. The van der Waals surface area contributed by atoms with E-state index in [0.717, 1.165) is 63.0 Å². The molecule has 2 aromatic rings. The zero-order valence-electron chi connectivity index (χ0n) is 18.4. The number of oxazole rings is 1. The molecule has 3 aliphatic heterocycles. The molecule has 5 rings (SSSR count). The molecule has 172 valence electrons. The summed E-state index contributed by atoms with van der Waals surface area (Å²) >= 11 is 1.83. The lowest BCUT2D eigenvalue weighted by atomic mass is 9.95. The molecule has 0 unspecified atom stereocenters. The summed E-state index contributed by atoms with van der Waals surface area (Å²) in [4.78, 5) is 33.8. The van der Waals surface area contributed by atoms with Crippen LogP contribution in [0.15, 0.2) is 22.6 Å². The third-order valence-corrected chi connectivity index (χ3v) is 7.75. The number of ether oxygens (including phenoxy) is 1. The minimum absolute atomic E-state index is 0.0398. The van der Waals surface area contributed by atoms with Gasteiger partial charge in [0.1, 0.15) is 5.52 Å². The zero-order valence-corrected chi connectivity index (χ0v) is 19.2. The molecule has 3 aliphatic rings. The van der Waals surface area contributed by atoms with E-state index in [2.05, 4.69) is 15.2 Å². The van der Waals surface area contributed by atoms with E-state index >= 15 is 0 Å². The SMILES string of the molecule is CCOC(=O)c1ccc2oc(C3CCN([C@@H]4CN[C@H](C(=O)N5CCSC5)C4)CC3)nc2c1. The summed E-state index contributed by atoms with van der Waals surface area (Å²) in [7, 11) is 0. The summed E-state index contributed by atoms with van der Waals surface area (Å²) in [6.45, 7) is 5.85. The summed E-state index contributed by atoms with van der Waals surface area (Å²) in [6.07, 6.45) is 2.86. The first-order valence-electron chi connectivity index (χ1n) is 11.5. The van der Waals surface area contributed by atoms with Crippen molar-refractivity contribution in [3.05, 3.63) is 29.7 Å². The Morgan fingerprint density at radius 2 is 2.12 bits per heavy atom. The number of rotatable bonds is 5. The highest BCUT2D eigenvalue weighted by Gasteiger charge is 2.37. The number of amides is 1. The zero-order chi connectivity index (χ0) is 22.1. The minimum atomic E-state index is -0.335. The highest BCUT2D eigenvalue weighted by atomic mass is 32.2. The fourth-order valence-corrected chi connectivity index (χ4v) is 5.92. The molecule has 0 radical (unpaired) electrons. The van der Waals surface area contributed by atoms with Gasteiger partial charge in [0.2, 0.25) is 5.91 Å². The number of likely N-dealkylation sites (tertiary alicyclic amines) is 1. The van der Waals surface area contributed by atoms with Crippen molar-refractivity contribution in [3.63, 3.8) is 0 Å². The van der Waals surface area contributed by atoms with Gasteiger partial charge in [0.15, 0.2) is 11.5 Å². The van der Waals surface area contributed by atoms with Crippen LogP contribution in [0.25, 0.3) is 11.1 Å². The summed E-state index contributed by atoms with van der Waals surface area (Å²) in [5.41, 5.74) is 1.91. The molecule has 8 nitrogen and oxygen atoms in total. The van der Waals surface area contributed by atoms with Gasteiger partial charge in [-0.3, -0.25) is 9.69 Å². The van der Waals surface area contributed by atoms with Crippen molar-refractivity contribution in [2.24, 2.45) is 0 Å². The summed E-state index contributed by atoms with van der Waals surface area (Å²) in [6, 6.07) is 5.64. The summed E-state index contributed by atoms with van der Waals surface area (Å²) in [5, 5.41) is 3.45. The van der Waals surface area contributed by atoms with E-state index in [1.54, 1.807) is 25.1 Å². The molecule has 2 atom stereocenters. The van der Waals surface area contributed by atoms with Crippen LogP contribution in [-0.4, -0.2) is 83.2 Å².